The van der Waals surface area contributed by atoms with E-state index in [2.05, 4.69) is 29.4 Å². The number of hydrogen-bond acceptors (Lipinski definition) is 2. The van der Waals surface area contributed by atoms with Gasteiger partial charge in [-0.05, 0) is 63.3 Å². The summed E-state index contributed by atoms with van der Waals surface area (Å²) in [4.78, 5) is 7.56. The molecule has 3 fully saturated rings. The highest BCUT2D eigenvalue weighted by Crippen LogP contribution is 2.32. The van der Waals surface area contributed by atoms with Gasteiger partial charge in [0.05, 0.1) is 0 Å². The van der Waals surface area contributed by atoms with Gasteiger partial charge in [-0.3, -0.25) is 4.99 Å². The summed E-state index contributed by atoms with van der Waals surface area (Å²) in [6.45, 7) is 10.1. The van der Waals surface area contributed by atoms with Crippen molar-refractivity contribution in [2.75, 3.05) is 32.7 Å². The standard InChI is InChI=1S/C20H38N4/c1-3-21-20(22-11-9-17-6-4-5-16(2)13-17)23-14-18-10-12-24(15-18)19-7-8-19/h16-19H,3-15H2,1-2H3,(H2,21,22,23). The van der Waals surface area contributed by atoms with Gasteiger partial charge in [-0.25, -0.2) is 0 Å². The first-order chi connectivity index (χ1) is 11.7. The normalized spacial score (nSPS) is 32.1. The molecule has 3 rings (SSSR count). The van der Waals surface area contributed by atoms with E-state index >= 15 is 0 Å². The second-order valence-electron chi connectivity index (χ2n) is 8.45. The molecule has 0 amide bonds. The summed E-state index contributed by atoms with van der Waals surface area (Å²) in [7, 11) is 0. The van der Waals surface area contributed by atoms with Crippen molar-refractivity contribution in [2.45, 2.75) is 71.3 Å². The third-order valence-electron chi connectivity index (χ3n) is 6.12. The Morgan fingerprint density at radius 2 is 1.96 bits per heavy atom. The van der Waals surface area contributed by atoms with Gasteiger partial charge in [0.2, 0.25) is 0 Å². The molecule has 1 heterocycles. The van der Waals surface area contributed by atoms with E-state index in [1.54, 1.807) is 0 Å². The fourth-order valence-electron chi connectivity index (χ4n) is 4.56. The quantitative estimate of drug-likeness (QED) is 0.555. The van der Waals surface area contributed by atoms with Gasteiger partial charge in [-0.15, -0.1) is 0 Å². The van der Waals surface area contributed by atoms with Crippen LogP contribution < -0.4 is 10.6 Å². The maximum atomic E-state index is 4.88. The zero-order valence-electron chi connectivity index (χ0n) is 15.9. The molecule has 3 atom stereocenters. The van der Waals surface area contributed by atoms with Crippen LogP contribution in [-0.2, 0) is 0 Å². The first kappa shape index (κ1) is 18.0. The van der Waals surface area contributed by atoms with Crippen molar-refractivity contribution in [1.29, 1.82) is 0 Å². The maximum Gasteiger partial charge on any atom is 0.191 e. The summed E-state index contributed by atoms with van der Waals surface area (Å²) in [5.74, 6) is 3.65. The Labute approximate surface area is 148 Å². The van der Waals surface area contributed by atoms with Gasteiger partial charge < -0.3 is 15.5 Å². The first-order valence-corrected chi connectivity index (χ1v) is 10.5. The minimum Gasteiger partial charge on any atom is -0.357 e. The van der Waals surface area contributed by atoms with Crippen molar-refractivity contribution < 1.29 is 0 Å². The average Bonchev–Trinajstić information content (AvgIpc) is 3.31. The van der Waals surface area contributed by atoms with Gasteiger partial charge in [0, 0.05) is 32.2 Å². The number of likely N-dealkylation sites (tertiary alicyclic amines) is 1. The van der Waals surface area contributed by atoms with Crippen molar-refractivity contribution in [3.63, 3.8) is 0 Å². The van der Waals surface area contributed by atoms with Crippen molar-refractivity contribution >= 4 is 5.96 Å². The Bertz CT molecular complexity index is 404. The van der Waals surface area contributed by atoms with Crippen molar-refractivity contribution in [3.8, 4) is 0 Å². The van der Waals surface area contributed by atoms with Crippen LogP contribution in [0.5, 0.6) is 0 Å². The molecule has 138 valence electrons. The lowest BCUT2D eigenvalue weighted by Gasteiger charge is -2.26. The fourth-order valence-corrected chi connectivity index (χ4v) is 4.56. The van der Waals surface area contributed by atoms with Crippen LogP contribution in [0.2, 0.25) is 0 Å². The number of nitrogens with one attached hydrogen (secondary N) is 2. The van der Waals surface area contributed by atoms with Crippen molar-refractivity contribution in [2.24, 2.45) is 22.7 Å². The van der Waals surface area contributed by atoms with E-state index in [0.717, 1.165) is 49.4 Å². The molecule has 2 N–H and O–H groups in total. The van der Waals surface area contributed by atoms with E-state index in [9.17, 15) is 0 Å². The van der Waals surface area contributed by atoms with Crippen LogP contribution in [-0.4, -0.2) is 49.6 Å². The van der Waals surface area contributed by atoms with Crippen molar-refractivity contribution in [1.82, 2.24) is 15.5 Å². The molecule has 4 nitrogen and oxygen atoms in total. The number of guanidine groups is 1. The van der Waals surface area contributed by atoms with Crippen LogP contribution in [0, 0.1) is 17.8 Å². The van der Waals surface area contributed by atoms with Crippen LogP contribution in [0.15, 0.2) is 4.99 Å². The lowest BCUT2D eigenvalue weighted by Crippen LogP contribution is -2.39. The van der Waals surface area contributed by atoms with Gasteiger partial charge >= 0.3 is 0 Å². The molecule has 0 aromatic heterocycles. The van der Waals surface area contributed by atoms with Crippen LogP contribution in [0.1, 0.15) is 65.2 Å². The number of hydrogen-bond donors (Lipinski definition) is 2. The molecule has 1 aliphatic heterocycles. The summed E-state index contributed by atoms with van der Waals surface area (Å²) < 4.78 is 0. The second-order valence-corrected chi connectivity index (χ2v) is 8.45. The van der Waals surface area contributed by atoms with Gasteiger partial charge in [0.1, 0.15) is 0 Å². The molecule has 2 saturated carbocycles. The molecule has 0 spiro atoms. The number of nitrogens with zero attached hydrogens (tertiary/aromatic N) is 2. The average molecular weight is 335 g/mol. The van der Waals surface area contributed by atoms with Crippen LogP contribution in [0.25, 0.3) is 0 Å². The zero-order valence-corrected chi connectivity index (χ0v) is 15.9. The molecule has 0 radical (unpaired) electrons. The monoisotopic (exact) mass is 334 g/mol. The largest absolute Gasteiger partial charge is 0.357 e. The highest BCUT2D eigenvalue weighted by molar-refractivity contribution is 5.79. The van der Waals surface area contributed by atoms with Gasteiger partial charge in [0.15, 0.2) is 5.96 Å². The molecule has 24 heavy (non-hydrogen) atoms. The van der Waals surface area contributed by atoms with E-state index in [0.29, 0.717) is 0 Å². The molecular weight excluding hydrogens is 296 g/mol. The second kappa shape index (κ2) is 9.07. The molecule has 3 aliphatic rings. The lowest BCUT2D eigenvalue weighted by molar-refractivity contribution is 0.270. The molecule has 2 aliphatic carbocycles. The zero-order chi connectivity index (χ0) is 16.8. The summed E-state index contributed by atoms with van der Waals surface area (Å²) in [5, 5.41) is 7.00. The topological polar surface area (TPSA) is 39.7 Å². The highest BCUT2D eigenvalue weighted by atomic mass is 15.2. The van der Waals surface area contributed by atoms with Gasteiger partial charge in [0.25, 0.3) is 0 Å². The Balaban J connectivity index is 1.37. The lowest BCUT2D eigenvalue weighted by atomic mass is 9.81. The Morgan fingerprint density at radius 3 is 2.71 bits per heavy atom. The third-order valence-corrected chi connectivity index (χ3v) is 6.12. The Kier molecular flexibility index (Phi) is 6.82. The van der Waals surface area contributed by atoms with E-state index < -0.39 is 0 Å². The minimum atomic E-state index is 0.764. The molecule has 4 heteroatoms. The van der Waals surface area contributed by atoms with E-state index in [1.807, 2.05) is 0 Å². The molecule has 3 unspecified atom stereocenters. The van der Waals surface area contributed by atoms with E-state index in [4.69, 9.17) is 4.99 Å². The maximum absolute atomic E-state index is 4.88. The smallest absolute Gasteiger partial charge is 0.191 e. The summed E-state index contributed by atoms with van der Waals surface area (Å²) in [6, 6.07) is 0.920. The molecule has 1 saturated heterocycles. The first-order valence-electron chi connectivity index (χ1n) is 10.5. The van der Waals surface area contributed by atoms with Crippen LogP contribution >= 0.6 is 0 Å². The summed E-state index contributed by atoms with van der Waals surface area (Å²) >= 11 is 0. The molecule has 0 bridgehead atoms. The van der Waals surface area contributed by atoms with Crippen molar-refractivity contribution in [3.05, 3.63) is 0 Å². The van der Waals surface area contributed by atoms with Gasteiger partial charge in [-0.2, -0.15) is 0 Å². The summed E-state index contributed by atoms with van der Waals surface area (Å²) in [5.41, 5.74) is 0. The van der Waals surface area contributed by atoms with E-state index in [-0.39, 0.29) is 0 Å². The summed E-state index contributed by atoms with van der Waals surface area (Å²) in [6.07, 6.45) is 11.2. The fraction of sp³-hybridized carbons (Fsp3) is 0.950. The van der Waals surface area contributed by atoms with Gasteiger partial charge in [-0.1, -0.05) is 26.2 Å². The Morgan fingerprint density at radius 1 is 1.08 bits per heavy atom. The van der Waals surface area contributed by atoms with Crippen LogP contribution in [0.4, 0.5) is 0 Å². The minimum absolute atomic E-state index is 0.764. The number of aliphatic imine (C=N–C) groups is 1. The van der Waals surface area contributed by atoms with E-state index in [1.165, 1.54) is 64.5 Å². The third kappa shape index (κ3) is 5.65. The molecular formula is C20H38N4. The molecule has 0 aromatic carbocycles. The highest BCUT2D eigenvalue weighted by Gasteiger charge is 2.34. The predicted octanol–water partition coefficient (Wildman–Crippen LogP) is 3.24. The predicted molar refractivity (Wildman–Crippen MR) is 102 cm³/mol. The Hall–Kier alpha value is -0.770. The number of rotatable bonds is 7. The van der Waals surface area contributed by atoms with Crippen LogP contribution in [0.3, 0.4) is 0 Å². The molecule has 0 aromatic rings. The SMILES string of the molecule is CCNC(=NCC1CCN(C2CC2)C1)NCCC1CCCC(C)C1.